The van der Waals surface area contributed by atoms with Crippen LogP contribution in [0.25, 0.3) is 5.65 Å². The number of thioether (sulfide) groups is 1. The van der Waals surface area contributed by atoms with E-state index in [0.717, 1.165) is 12.8 Å². The van der Waals surface area contributed by atoms with E-state index < -0.39 is 0 Å². The number of nitrogens with one attached hydrogen (secondary N) is 1. The molecule has 118 valence electrons. The number of carbonyl (C=O) groups excluding carboxylic acids is 1. The third-order valence-corrected chi connectivity index (χ3v) is 5.29. The third kappa shape index (κ3) is 3.34. The molecule has 0 aromatic carbocycles. The molecule has 1 atom stereocenters. The summed E-state index contributed by atoms with van der Waals surface area (Å²) in [5, 5.41) is 12.5. The van der Waals surface area contributed by atoms with Crippen molar-refractivity contribution in [2.24, 2.45) is 0 Å². The molecule has 1 amide bonds. The van der Waals surface area contributed by atoms with Crippen LogP contribution in [0.4, 0.5) is 0 Å². The number of pyridine rings is 1. The van der Waals surface area contributed by atoms with Crippen molar-refractivity contribution in [1.29, 1.82) is 0 Å². The van der Waals surface area contributed by atoms with E-state index in [9.17, 15) is 4.79 Å². The van der Waals surface area contributed by atoms with Gasteiger partial charge in [0.1, 0.15) is 0 Å². The van der Waals surface area contributed by atoms with Crippen LogP contribution in [0.2, 0.25) is 10.0 Å². The second-order valence-electron chi connectivity index (χ2n) is 5.43. The zero-order chi connectivity index (χ0) is 15.7. The van der Waals surface area contributed by atoms with Crippen molar-refractivity contribution in [1.82, 2.24) is 19.9 Å². The van der Waals surface area contributed by atoms with Gasteiger partial charge in [0.25, 0.3) is 0 Å². The Hall–Kier alpha value is -0.980. The molecule has 2 aromatic heterocycles. The van der Waals surface area contributed by atoms with Crippen LogP contribution < -0.4 is 5.32 Å². The Labute approximate surface area is 142 Å². The third-order valence-electron chi connectivity index (χ3n) is 3.75. The van der Waals surface area contributed by atoms with Crippen LogP contribution >= 0.6 is 35.0 Å². The van der Waals surface area contributed by atoms with Crippen molar-refractivity contribution in [2.75, 3.05) is 0 Å². The number of nitrogens with zero attached hydrogens (tertiary/aromatic N) is 3. The maximum Gasteiger partial charge on any atom is 0.233 e. The second-order valence-corrected chi connectivity index (χ2v) is 7.58. The first-order valence-electron chi connectivity index (χ1n) is 7.21. The van der Waals surface area contributed by atoms with E-state index in [-0.39, 0.29) is 11.2 Å². The average Bonchev–Trinajstić information content (AvgIpc) is 3.09. The van der Waals surface area contributed by atoms with Crippen LogP contribution in [-0.2, 0) is 4.79 Å². The van der Waals surface area contributed by atoms with Gasteiger partial charge in [-0.05, 0) is 25.8 Å². The number of rotatable bonds is 4. The van der Waals surface area contributed by atoms with Gasteiger partial charge in [-0.1, -0.05) is 47.8 Å². The molecule has 22 heavy (non-hydrogen) atoms. The first-order chi connectivity index (χ1) is 10.5. The summed E-state index contributed by atoms with van der Waals surface area (Å²) in [6, 6.07) is 1.94. The number of hydrogen-bond acceptors (Lipinski definition) is 4. The maximum atomic E-state index is 12.3. The molecule has 1 aliphatic carbocycles. The lowest BCUT2D eigenvalue weighted by Crippen LogP contribution is -2.37. The van der Waals surface area contributed by atoms with Gasteiger partial charge in [0.05, 0.1) is 15.3 Å². The summed E-state index contributed by atoms with van der Waals surface area (Å²) >= 11 is 13.5. The van der Waals surface area contributed by atoms with E-state index in [1.54, 1.807) is 16.7 Å². The van der Waals surface area contributed by atoms with E-state index in [2.05, 4.69) is 15.5 Å². The van der Waals surface area contributed by atoms with Gasteiger partial charge in [0.2, 0.25) is 5.91 Å². The molecule has 8 heteroatoms. The monoisotopic (exact) mass is 358 g/mol. The number of fused-ring (bicyclic) bond motifs is 1. The zero-order valence-corrected chi connectivity index (χ0v) is 14.4. The smallest absolute Gasteiger partial charge is 0.233 e. The molecule has 2 aromatic rings. The lowest BCUT2D eigenvalue weighted by molar-refractivity contribution is -0.120. The number of carbonyl (C=O) groups is 1. The SMILES string of the molecule is C[C@@H](Sc1nnc2c(Cl)cc(Cl)cn12)C(=O)NC1CCCC1. The van der Waals surface area contributed by atoms with Crippen molar-refractivity contribution in [3.63, 3.8) is 0 Å². The molecule has 0 unspecified atom stereocenters. The molecule has 3 rings (SSSR count). The fourth-order valence-corrected chi connectivity index (χ4v) is 3.92. The number of amides is 1. The lowest BCUT2D eigenvalue weighted by atomic mass is 10.2. The highest BCUT2D eigenvalue weighted by molar-refractivity contribution is 8.00. The second kappa shape index (κ2) is 6.64. The molecule has 5 nitrogen and oxygen atoms in total. The number of halogens is 2. The van der Waals surface area contributed by atoms with E-state index in [0.29, 0.717) is 26.9 Å². The summed E-state index contributed by atoms with van der Waals surface area (Å²) in [5.74, 6) is 0.0294. The summed E-state index contributed by atoms with van der Waals surface area (Å²) in [6.45, 7) is 1.86. The Kier molecular flexibility index (Phi) is 4.80. The standard InChI is InChI=1S/C14H16Cl2N4OS/c1-8(13(21)17-10-4-2-3-5-10)22-14-19-18-12-11(16)6-9(15)7-20(12)14/h6-8,10H,2-5H2,1H3,(H,17,21)/t8-/m1/s1. The quantitative estimate of drug-likeness (QED) is 0.848. The van der Waals surface area contributed by atoms with E-state index >= 15 is 0 Å². The van der Waals surface area contributed by atoms with Crippen LogP contribution in [0.1, 0.15) is 32.6 Å². The summed E-state index contributed by atoms with van der Waals surface area (Å²) in [7, 11) is 0. The minimum atomic E-state index is -0.259. The molecule has 0 aliphatic heterocycles. The van der Waals surface area contributed by atoms with Crippen LogP contribution in [0, 0.1) is 0 Å². The molecule has 1 aliphatic rings. The highest BCUT2D eigenvalue weighted by Crippen LogP contribution is 2.28. The van der Waals surface area contributed by atoms with Crippen molar-refractivity contribution in [2.45, 2.75) is 49.1 Å². The molecule has 0 saturated heterocycles. The van der Waals surface area contributed by atoms with Crippen LogP contribution in [0.5, 0.6) is 0 Å². The first-order valence-corrected chi connectivity index (χ1v) is 8.85. The Balaban J connectivity index is 1.73. The fourth-order valence-electron chi connectivity index (χ4n) is 2.58. The average molecular weight is 359 g/mol. The van der Waals surface area contributed by atoms with Gasteiger partial charge in [0, 0.05) is 12.2 Å². The summed E-state index contributed by atoms with van der Waals surface area (Å²) in [6.07, 6.45) is 6.23. The molecule has 1 fully saturated rings. The van der Waals surface area contributed by atoms with Gasteiger partial charge in [-0.2, -0.15) is 0 Å². The summed E-state index contributed by atoms with van der Waals surface area (Å²) in [5.41, 5.74) is 0.539. The Bertz CT molecular complexity index is 699. The van der Waals surface area contributed by atoms with Gasteiger partial charge in [-0.25, -0.2) is 0 Å². The largest absolute Gasteiger partial charge is 0.352 e. The number of hydrogen-bond donors (Lipinski definition) is 1. The molecule has 1 N–H and O–H groups in total. The molecule has 1 saturated carbocycles. The van der Waals surface area contributed by atoms with Crippen molar-refractivity contribution < 1.29 is 4.79 Å². The molecule has 2 heterocycles. The minimum Gasteiger partial charge on any atom is -0.352 e. The van der Waals surface area contributed by atoms with Crippen molar-refractivity contribution in [3.05, 3.63) is 22.3 Å². The van der Waals surface area contributed by atoms with E-state index in [4.69, 9.17) is 23.2 Å². The van der Waals surface area contributed by atoms with Gasteiger partial charge < -0.3 is 5.32 Å². The van der Waals surface area contributed by atoms with Gasteiger partial charge in [0.15, 0.2) is 10.8 Å². The molecule has 0 spiro atoms. The van der Waals surface area contributed by atoms with Gasteiger partial charge >= 0.3 is 0 Å². The normalized spacial score (nSPS) is 17.0. The molecule has 0 radical (unpaired) electrons. The minimum absolute atomic E-state index is 0.0294. The van der Waals surface area contributed by atoms with E-state index in [1.807, 2.05) is 6.92 Å². The topological polar surface area (TPSA) is 59.3 Å². The Morgan fingerprint density at radius 1 is 1.41 bits per heavy atom. The Morgan fingerprint density at radius 2 is 2.14 bits per heavy atom. The zero-order valence-electron chi connectivity index (χ0n) is 12.1. The van der Waals surface area contributed by atoms with Gasteiger partial charge in [-0.15, -0.1) is 10.2 Å². The molecular formula is C14H16Cl2N4OS. The van der Waals surface area contributed by atoms with Crippen LogP contribution in [-0.4, -0.2) is 31.8 Å². The predicted molar refractivity (Wildman–Crippen MR) is 88.7 cm³/mol. The van der Waals surface area contributed by atoms with Gasteiger partial charge in [-0.3, -0.25) is 9.20 Å². The first kappa shape index (κ1) is 15.9. The molecular weight excluding hydrogens is 343 g/mol. The van der Waals surface area contributed by atoms with E-state index in [1.165, 1.54) is 24.6 Å². The lowest BCUT2D eigenvalue weighted by Gasteiger charge is -2.15. The predicted octanol–water partition coefficient (Wildman–Crippen LogP) is 3.58. The van der Waals surface area contributed by atoms with Crippen molar-refractivity contribution >= 4 is 46.5 Å². The maximum absolute atomic E-state index is 12.3. The summed E-state index contributed by atoms with van der Waals surface area (Å²) in [4.78, 5) is 12.3. The summed E-state index contributed by atoms with van der Waals surface area (Å²) < 4.78 is 1.72. The fraction of sp³-hybridized carbons (Fsp3) is 0.500. The van der Waals surface area contributed by atoms with Crippen molar-refractivity contribution in [3.8, 4) is 0 Å². The van der Waals surface area contributed by atoms with Crippen LogP contribution in [0.3, 0.4) is 0 Å². The number of aromatic nitrogens is 3. The Morgan fingerprint density at radius 3 is 2.86 bits per heavy atom. The molecule has 0 bridgehead atoms. The highest BCUT2D eigenvalue weighted by Gasteiger charge is 2.23. The van der Waals surface area contributed by atoms with Crippen LogP contribution in [0.15, 0.2) is 17.4 Å². The highest BCUT2D eigenvalue weighted by atomic mass is 35.5.